The molecule has 134 valence electrons. The molecule has 2 aromatic carbocycles. The van der Waals surface area contributed by atoms with Crippen molar-refractivity contribution in [1.82, 2.24) is 5.06 Å². The summed E-state index contributed by atoms with van der Waals surface area (Å²) in [6.45, 7) is 1.69. The van der Waals surface area contributed by atoms with E-state index < -0.39 is 7.60 Å². The standard InChI is InChI=1S/C18H22NO5P/c1-15(20)19(12-7-13-25(21,22)23)24-14-17-10-5-6-11-18(17)16-8-3-2-4-9-16/h2-6,8-11H,7,12-14H2,1H3,(H2,21,22,23). The van der Waals surface area contributed by atoms with Crippen molar-refractivity contribution in [2.75, 3.05) is 12.7 Å². The molecule has 0 radical (unpaired) electrons. The largest absolute Gasteiger partial charge is 0.325 e. The molecule has 6 nitrogen and oxygen atoms in total. The van der Waals surface area contributed by atoms with Crippen LogP contribution in [0.2, 0.25) is 0 Å². The van der Waals surface area contributed by atoms with Crippen molar-refractivity contribution in [2.45, 2.75) is 20.0 Å². The van der Waals surface area contributed by atoms with Gasteiger partial charge in [-0.15, -0.1) is 0 Å². The van der Waals surface area contributed by atoms with E-state index in [4.69, 9.17) is 14.6 Å². The van der Waals surface area contributed by atoms with Gasteiger partial charge in [-0.2, -0.15) is 0 Å². The lowest BCUT2D eigenvalue weighted by Crippen LogP contribution is -2.30. The van der Waals surface area contributed by atoms with E-state index in [9.17, 15) is 9.36 Å². The minimum Gasteiger partial charge on any atom is -0.324 e. The highest BCUT2D eigenvalue weighted by Crippen LogP contribution is 2.34. The van der Waals surface area contributed by atoms with Gasteiger partial charge in [0, 0.05) is 13.5 Å². The van der Waals surface area contributed by atoms with Crippen molar-refractivity contribution in [3.05, 3.63) is 60.2 Å². The van der Waals surface area contributed by atoms with Crippen LogP contribution in [0.3, 0.4) is 0 Å². The van der Waals surface area contributed by atoms with Crippen molar-refractivity contribution in [2.24, 2.45) is 0 Å². The molecule has 0 spiro atoms. The lowest BCUT2D eigenvalue weighted by Gasteiger charge is -2.21. The Bertz CT molecular complexity index is 744. The Morgan fingerprint density at radius 3 is 2.36 bits per heavy atom. The van der Waals surface area contributed by atoms with Crippen LogP contribution in [0, 0.1) is 0 Å². The second kappa shape index (κ2) is 8.92. The number of hydroxylamine groups is 2. The topological polar surface area (TPSA) is 87.1 Å². The number of carbonyl (C=O) groups is 1. The third-order valence-electron chi connectivity index (χ3n) is 3.64. The van der Waals surface area contributed by atoms with Gasteiger partial charge < -0.3 is 9.79 Å². The third kappa shape index (κ3) is 6.44. The highest BCUT2D eigenvalue weighted by atomic mass is 31.2. The van der Waals surface area contributed by atoms with E-state index in [-0.39, 0.29) is 31.6 Å². The molecular formula is C18H22NO5P. The number of hydrogen-bond acceptors (Lipinski definition) is 3. The van der Waals surface area contributed by atoms with Crippen LogP contribution in [0.4, 0.5) is 0 Å². The molecule has 0 unspecified atom stereocenters. The van der Waals surface area contributed by atoms with E-state index >= 15 is 0 Å². The van der Waals surface area contributed by atoms with Crippen LogP contribution >= 0.6 is 7.60 Å². The molecule has 0 aliphatic rings. The number of amides is 1. The smallest absolute Gasteiger partial charge is 0.324 e. The van der Waals surface area contributed by atoms with Gasteiger partial charge in [-0.05, 0) is 23.1 Å². The first-order valence-electron chi connectivity index (χ1n) is 7.96. The summed E-state index contributed by atoms with van der Waals surface area (Å²) in [5.41, 5.74) is 2.99. The Labute approximate surface area is 147 Å². The van der Waals surface area contributed by atoms with Gasteiger partial charge in [0.25, 0.3) is 0 Å². The molecule has 2 rings (SSSR count). The number of carbonyl (C=O) groups excluding carboxylic acids is 1. The van der Waals surface area contributed by atoms with E-state index in [1.165, 1.54) is 6.92 Å². The average Bonchev–Trinajstić information content (AvgIpc) is 2.57. The molecule has 25 heavy (non-hydrogen) atoms. The van der Waals surface area contributed by atoms with Gasteiger partial charge in [0.1, 0.15) is 6.61 Å². The first kappa shape index (κ1) is 19.3. The molecule has 7 heteroatoms. The molecule has 0 heterocycles. The SMILES string of the molecule is CC(=O)N(CCCP(=O)(O)O)OCc1ccccc1-c1ccccc1. The highest BCUT2D eigenvalue weighted by Gasteiger charge is 2.16. The normalized spacial score (nSPS) is 11.3. The van der Waals surface area contributed by atoms with Crippen LogP contribution in [-0.4, -0.2) is 33.5 Å². The Morgan fingerprint density at radius 2 is 1.72 bits per heavy atom. The number of rotatable bonds is 8. The first-order valence-corrected chi connectivity index (χ1v) is 9.75. The molecular weight excluding hydrogens is 341 g/mol. The molecule has 0 aromatic heterocycles. The Morgan fingerprint density at radius 1 is 1.08 bits per heavy atom. The maximum atomic E-state index is 11.7. The summed E-state index contributed by atoms with van der Waals surface area (Å²) >= 11 is 0. The fourth-order valence-corrected chi connectivity index (χ4v) is 2.98. The predicted octanol–water partition coefficient (Wildman–Crippen LogP) is 3.20. The summed E-state index contributed by atoms with van der Waals surface area (Å²) in [5.74, 6) is -0.303. The summed E-state index contributed by atoms with van der Waals surface area (Å²) in [4.78, 5) is 35.1. The molecule has 0 fully saturated rings. The monoisotopic (exact) mass is 363 g/mol. The zero-order chi connectivity index (χ0) is 18.3. The van der Waals surface area contributed by atoms with E-state index in [1.807, 2.05) is 54.6 Å². The van der Waals surface area contributed by atoms with E-state index in [1.54, 1.807) is 0 Å². The van der Waals surface area contributed by atoms with Gasteiger partial charge >= 0.3 is 7.60 Å². The quantitative estimate of drug-likeness (QED) is 0.556. The number of hydrogen-bond donors (Lipinski definition) is 2. The Balaban J connectivity index is 2.03. The molecule has 2 aromatic rings. The zero-order valence-electron chi connectivity index (χ0n) is 14.0. The van der Waals surface area contributed by atoms with E-state index in [0.717, 1.165) is 21.8 Å². The minimum absolute atomic E-state index is 0.133. The molecule has 0 saturated carbocycles. The van der Waals surface area contributed by atoms with Crippen molar-refractivity contribution in [1.29, 1.82) is 0 Å². The van der Waals surface area contributed by atoms with Crippen LogP contribution in [0.25, 0.3) is 11.1 Å². The first-order chi connectivity index (χ1) is 11.9. The summed E-state index contributed by atoms with van der Waals surface area (Å²) in [6, 6.07) is 17.6. The second-order valence-electron chi connectivity index (χ2n) is 5.66. The summed E-state index contributed by atoms with van der Waals surface area (Å²) in [5, 5.41) is 1.15. The van der Waals surface area contributed by atoms with Gasteiger partial charge in [-0.25, -0.2) is 5.06 Å². The third-order valence-corrected chi connectivity index (χ3v) is 4.54. The number of nitrogens with zero attached hydrogens (tertiary/aromatic N) is 1. The maximum Gasteiger partial charge on any atom is 0.325 e. The van der Waals surface area contributed by atoms with E-state index in [2.05, 4.69) is 0 Å². The zero-order valence-corrected chi connectivity index (χ0v) is 14.9. The van der Waals surface area contributed by atoms with Crippen molar-refractivity contribution >= 4 is 13.5 Å². The van der Waals surface area contributed by atoms with Gasteiger partial charge in [0.2, 0.25) is 5.91 Å². The molecule has 0 saturated heterocycles. The van der Waals surface area contributed by atoms with E-state index in [0.29, 0.717) is 0 Å². The van der Waals surface area contributed by atoms with Crippen molar-refractivity contribution in [3.8, 4) is 11.1 Å². The average molecular weight is 363 g/mol. The van der Waals surface area contributed by atoms with Gasteiger partial charge in [0.05, 0.1) is 6.16 Å². The molecule has 0 aliphatic carbocycles. The fourth-order valence-electron chi connectivity index (χ4n) is 2.43. The lowest BCUT2D eigenvalue weighted by molar-refractivity contribution is -0.189. The van der Waals surface area contributed by atoms with Gasteiger partial charge in [0.15, 0.2) is 0 Å². The molecule has 0 aliphatic heterocycles. The highest BCUT2D eigenvalue weighted by molar-refractivity contribution is 7.51. The Hall–Kier alpha value is -1.98. The fraction of sp³-hybridized carbons (Fsp3) is 0.278. The number of benzene rings is 2. The molecule has 0 bridgehead atoms. The van der Waals surface area contributed by atoms with Crippen LogP contribution in [0.5, 0.6) is 0 Å². The van der Waals surface area contributed by atoms with Crippen LogP contribution in [0.15, 0.2) is 54.6 Å². The summed E-state index contributed by atoms with van der Waals surface area (Å²) < 4.78 is 10.9. The van der Waals surface area contributed by atoms with Crippen molar-refractivity contribution < 1.29 is 24.0 Å². The molecule has 2 N–H and O–H groups in total. The molecule has 0 atom stereocenters. The van der Waals surface area contributed by atoms with Crippen LogP contribution in [-0.2, 0) is 20.8 Å². The second-order valence-corrected chi connectivity index (χ2v) is 7.44. The van der Waals surface area contributed by atoms with Crippen molar-refractivity contribution in [3.63, 3.8) is 0 Å². The lowest BCUT2D eigenvalue weighted by atomic mass is 10.0. The Kier molecular flexibility index (Phi) is 6.91. The van der Waals surface area contributed by atoms with Crippen LogP contribution < -0.4 is 0 Å². The summed E-state index contributed by atoms with van der Waals surface area (Å²) in [6.07, 6.45) is -0.106. The predicted molar refractivity (Wildman–Crippen MR) is 95.6 cm³/mol. The maximum absolute atomic E-state index is 11.7. The molecule has 1 amide bonds. The van der Waals surface area contributed by atoms with Gasteiger partial charge in [-0.3, -0.25) is 14.2 Å². The minimum atomic E-state index is -4.07. The van der Waals surface area contributed by atoms with Gasteiger partial charge in [-0.1, -0.05) is 54.6 Å². The van der Waals surface area contributed by atoms with Crippen LogP contribution in [0.1, 0.15) is 18.9 Å². The summed E-state index contributed by atoms with van der Waals surface area (Å²) in [7, 11) is -4.07.